The summed E-state index contributed by atoms with van der Waals surface area (Å²) in [4.78, 5) is 4.83. The molecule has 18 heavy (non-hydrogen) atoms. The van der Waals surface area contributed by atoms with Gasteiger partial charge in [0.2, 0.25) is 0 Å². The van der Waals surface area contributed by atoms with E-state index in [1.807, 2.05) is 0 Å². The van der Waals surface area contributed by atoms with Crippen molar-refractivity contribution in [3.05, 3.63) is 16.1 Å². The topological polar surface area (TPSA) is 22.1 Å². The lowest BCUT2D eigenvalue weighted by Gasteiger charge is -2.37. The molecule has 0 atom stereocenters. The van der Waals surface area contributed by atoms with Gasteiger partial charge < -0.3 is 4.74 Å². The van der Waals surface area contributed by atoms with Crippen LogP contribution in [0.1, 0.15) is 63.6 Å². The SMILES string of the molecule is CCCc1csc(C2(OCC)CCC(C)CC2)n1. The Hall–Kier alpha value is -0.410. The van der Waals surface area contributed by atoms with Crippen molar-refractivity contribution in [1.82, 2.24) is 4.98 Å². The van der Waals surface area contributed by atoms with Crippen LogP contribution >= 0.6 is 11.3 Å². The molecule has 2 rings (SSSR count). The summed E-state index contributed by atoms with van der Waals surface area (Å²) in [6, 6.07) is 0. The van der Waals surface area contributed by atoms with E-state index in [4.69, 9.17) is 9.72 Å². The highest BCUT2D eigenvalue weighted by Crippen LogP contribution is 2.43. The number of hydrogen-bond acceptors (Lipinski definition) is 3. The van der Waals surface area contributed by atoms with Crippen molar-refractivity contribution in [2.24, 2.45) is 5.92 Å². The monoisotopic (exact) mass is 267 g/mol. The van der Waals surface area contributed by atoms with Gasteiger partial charge in [0.15, 0.2) is 0 Å². The summed E-state index contributed by atoms with van der Waals surface area (Å²) in [5.41, 5.74) is 1.17. The number of aromatic nitrogens is 1. The normalized spacial score (nSPS) is 28.5. The van der Waals surface area contributed by atoms with E-state index in [0.29, 0.717) is 0 Å². The number of nitrogens with zero attached hydrogens (tertiary/aromatic N) is 1. The molecular formula is C15H25NOS. The highest BCUT2D eigenvalue weighted by Gasteiger charge is 2.39. The zero-order valence-electron chi connectivity index (χ0n) is 11.9. The first kappa shape index (κ1) is 14.0. The largest absolute Gasteiger partial charge is 0.368 e. The van der Waals surface area contributed by atoms with Crippen molar-refractivity contribution in [1.29, 1.82) is 0 Å². The fourth-order valence-electron chi connectivity index (χ4n) is 2.81. The van der Waals surface area contributed by atoms with Gasteiger partial charge in [0.05, 0.1) is 5.69 Å². The molecule has 102 valence electrons. The first-order chi connectivity index (χ1) is 8.70. The Labute approximate surface area is 115 Å². The van der Waals surface area contributed by atoms with Gasteiger partial charge in [-0.1, -0.05) is 20.3 Å². The van der Waals surface area contributed by atoms with E-state index in [2.05, 4.69) is 26.2 Å². The molecule has 0 saturated heterocycles. The molecular weight excluding hydrogens is 242 g/mol. The summed E-state index contributed by atoms with van der Waals surface area (Å²) in [6.07, 6.45) is 7.07. The summed E-state index contributed by atoms with van der Waals surface area (Å²) in [5.74, 6) is 0.841. The number of hydrogen-bond donors (Lipinski definition) is 0. The van der Waals surface area contributed by atoms with E-state index in [0.717, 1.165) is 31.8 Å². The lowest BCUT2D eigenvalue weighted by Crippen LogP contribution is -2.34. The van der Waals surface area contributed by atoms with Crippen molar-refractivity contribution in [3.8, 4) is 0 Å². The first-order valence-electron chi connectivity index (χ1n) is 7.29. The highest BCUT2D eigenvalue weighted by molar-refractivity contribution is 7.09. The molecule has 1 heterocycles. The van der Waals surface area contributed by atoms with Gasteiger partial charge >= 0.3 is 0 Å². The minimum atomic E-state index is -0.0715. The highest BCUT2D eigenvalue weighted by atomic mass is 32.1. The predicted octanol–water partition coefficient (Wildman–Crippen LogP) is 4.54. The van der Waals surface area contributed by atoms with Crippen LogP contribution in [-0.4, -0.2) is 11.6 Å². The second-order valence-electron chi connectivity index (χ2n) is 5.50. The summed E-state index contributed by atoms with van der Waals surface area (Å²) >= 11 is 1.80. The molecule has 3 heteroatoms. The third-order valence-electron chi connectivity index (χ3n) is 3.95. The maximum absolute atomic E-state index is 6.14. The molecule has 0 aromatic carbocycles. The van der Waals surface area contributed by atoms with E-state index in [-0.39, 0.29) is 5.60 Å². The minimum Gasteiger partial charge on any atom is -0.368 e. The lowest BCUT2D eigenvalue weighted by molar-refractivity contribution is -0.0777. The molecule has 1 aliphatic rings. The molecule has 0 bridgehead atoms. The third-order valence-corrected chi connectivity index (χ3v) is 5.03. The Bertz CT molecular complexity index is 366. The molecule has 1 aliphatic carbocycles. The van der Waals surface area contributed by atoms with Gasteiger partial charge in [0.1, 0.15) is 10.6 Å². The van der Waals surface area contributed by atoms with Crippen LogP contribution < -0.4 is 0 Å². The molecule has 0 amide bonds. The number of thiazole rings is 1. The summed E-state index contributed by atoms with van der Waals surface area (Å²) in [5, 5.41) is 3.44. The van der Waals surface area contributed by atoms with Crippen LogP contribution in [0.2, 0.25) is 0 Å². The summed E-state index contributed by atoms with van der Waals surface area (Å²) in [6.45, 7) is 7.44. The lowest BCUT2D eigenvalue weighted by atomic mass is 9.79. The minimum absolute atomic E-state index is 0.0715. The van der Waals surface area contributed by atoms with Crippen LogP contribution in [0.4, 0.5) is 0 Å². The molecule has 2 nitrogen and oxygen atoms in total. The molecule has 1 aromatic rings. The Kier molecular flexibility index (Phi) is 4.79. The van der Waals surface area contributed by atoms with Crippen molar-refractivity contribution in [2.75, 3.05) is 6.61 Å². The molecule has 1 fully saturated rings. The Morgan fingerprint density at radius 1 is 1.39 bits per heavy atom. The van der Waals surface area contributed by atoms with Crippen LogP contribution in [0, 0.1) is 5.92 Å². The second kappa shape index (κ2) is 6.16. The Balaban J connectivity index is 2.17. The fraction of sp³-hybridized carbons (Fsp3) is 0.800. The Morgan fingerprint density at radius 2 is 2.11 bits per heavy atom. The van der Waals surface area contributed by atoms with Crippen molar-refractivity contribution in [3.63, 3.8) is 0 Å². The number of aryl methyl sites for hydroxylation is 1. The Morgan fingerprint density at radius 3 is 2.72 bits per heavy atom. The van der Waals surface area contributed by atoms with Crippen LogP contribution in [0.25, 0.3) is 0 Å². The zero-order chi connectivity index (χ0) is 13.0. The predicted molar refractivity (Wildman–Crippen MR) is 77.0 cm³/mol. The summed E-state index contributed by atoms with van der Waals surface area (Å²) in [7, 11) is 0. The van der Waals surface area contributed by atoms with Gasteiger partial charge in [0.25, 0.3) is 0 Å². The molecule has 0 aliphatic heterocycles. The van der Waals surface area contributed by atoms with Crippen LogP contribution in [0.15, 0.2) is 5.38 Å². The average Bonchev–Trinajstić information content (AvgIpc) is 2.82. The average molecular weight is 267 g/mol. The van der Waals surface area contributed by atoms with E-state index >= 15 is 0 Å². The van der Waals surface area contributed by atoms with Crippen molar-refractivity contribution >= 4 is 11.3 Å². The van der Waals surface area contributed by atoms with E-state index in [1.165, 1.54) is 30.0 Å². The second-order valence-corrected chi connectivity index (χ2v) is 6.36. The molecule has 0 N–H and O–H groups in total. The van der Waals surface area contributed by atoms with Crippen molar-refractivity contribution < 1.29 is 4.74 Å². The van der Waals surface area contributed by atoms with Crippen LogP contribution in [-0.2, 0) is 16.8 Å². The summed E-state index contributed by atoms with van der Waals surface area (Å²) < 4.78 is 6.14. The molecule has 0 spiro atoms. The molecule has 1 saturated carbocycles. The maximum atomic E-state index is 6.14. The van der Waals surface area contributed by atoms with Crippen LogP contribution in [0.5, 0.6) is 0 Å². The quantitative estimate of drug-likeness (QED) is 0.781. The number of ether oxygens (including phenoxy) is 1. The fourth-order valence-corrected chi connectivity index (χ4v) is 3.88. The van der Waals surface area contributed by atoms with Gasteiger partial charge in [0, 0.05) is 12.0 Å². The van der Waals surface area contributed by atoms with E-state index in [1.54, 1.807) is 11.3 Å². The first-order valence-corrected chi connectivity index (χ1v) is 8.17. The smallest absolute Gasteiger partial charge is 0.125 e. The molecule has 1 aromatic heterocycles. The van der Waals surface area contributed by atoms with Crippen LogP contribution in [0.3, 0.4) is 0 Å². The molecule has 0 radical (unpaired) electrons. The molecule has 0 unspecified atom stereocenters. The number of rotatable bonds is 5. The maximum Gasteiger partial charge on any atom is 0.125 e. The van der Waals surface area contributed by atoms with E-state index in [9.17, 15) is 0 Å². The van der Waals surface area contributed by atoms with Gasteiger partial charge in [-0.2, -0.15) is 0 Å². The van der Waals surface area contributed by atoms with Crippen molar-refractivity contribution in [2.45, 2.75) is 64.9 Å². The van der Waals surface area contributed by atoms with Gasteiger partial charge in [-0.25, -0.2) is 4.98 Å². The van der Waals surface area contributed by atoms with Gasteiger partial charge in [-0.05, 0) is 44.9 Å². The standard InChI is InChI=1S/C15H25NOS/c1-4-6-13-11-18-14(16-13)15(17-5-2)9-7-12(3)8-10-15/h11-12H,4-10H2,1-3H3. The van der Waals surface area contributed by atoms with E-state index < -0.39 is 0 Å². The third kappa shape index (κ3) is 2.94. The van der Waals surface area contributed by atoms with Gasteiger partial charge in [-0.3, -0.25) is 0 Å². The zero-order valence-corrected chi connectivity index (χ0v) is 12.7. The van der Waals surface area contributed by atoms with Gasteiger partial charge in [-0.15, -0.1) is 11.3 Å².